The van der Waals surface area contributed by atoms with E-state index < -0.39 is 24.4 Å². The van der Waals surface area contributed by atoms with Crippen molar-refractivity contribution >= 4 is 35.2 Å². The number of benzene rings is 2. The highest BCUT2D eigenvalue weighted by molar-refractivity contribution is 9.10. The molecule has 8 heteroatoms. The summed E-state index contributed by atoms with van der Waals surface area (Å²) >= 11 is 3.44. The molecule has 1 heterocycles. The van der Waals surface area contributed by atoms with Crippen molar-refractivity contribution in [3.8, 4) is 0 Å². The summed E-state index contributed by atoms with van der Waals surface area (Å²) in [5.41, 5.74) is 1.04. The number of carbonyl (C=O) groups is 1. The summed E-state index contributed by atoms with van der Waals surface area (Å²) in [7, 11) is -0.699. The van der Waals surface area contributed by atoms with Gasteiger partial charge in [0.1, 0.15) is 12.4 Å². The van der Waals surface area contributed by atoms with Crippen LogP contribution >= 0.6 is 15.9 Å². The number of hydrogen-bond acceptors (Lipinski definition) is 4. The molecule has 0 saturated carbocycles. The number of ether oxygens (including phenoxy) is 1. The molecule has 1 amide bonds. The van der Waals surface area contributed by atoms with Crippen molar-refractivity contribution in [1.29, 1.82) is 0 Å². The molecule has 3 rings (SSSR count). The smallest absolute Gasteiger partial charge is 0.445 e. The van der Waals surface area contributed by atoms with Gasteiger partial charge in [0.2, 0.25) is 0 Å². The Hall–Kier alpha value is -2.16. The van der Waals surface area contributed by atoms with Gasteiger partial charge in [0, 0.05) is 11.0 Å². The Bertz CT molecular complexity index is 949. The Morgan fingerprint density at radius 1 is 1.13 bits per heavy atom. The summed E-state index contributed by atoms with van der Waals surface area (Å²) in [6.07, 6.45) is 1.19. The van der Waals surface area contributed by atoms with Crippen LogP contribution in [0.5, 0.6) is 0 Å². The molecule has 1 aliphatic heterocycles. The van der Waals surface area contributed by atoms with Crippen LogP contribution in [0, 0.1) is 5.82 Å². The first-order chi connectivity index (χ1) is 14.6. The van der Waals surface area contributed by atoms with Crippen molar-refractivity contribution in [2.24, 2.45) is 0 Å². The highest BCUT2D eigenvalue weighted by atomic mass is 79.9. The molecule has 0 unspecified atom stereocenters. The summed E-state index contributed by atoms with van der Waals surface area (Å²) in [5, 5.41) is 2.74. The van der Waals surface area contributed by atoms with Gasteiger partial charge in [-0.25, -0.2) is 9.18 Å². The molecular formula is C23H26BBrFNO4. The molecule has 5 nitrogen and oxygen atoms in total. The van der Waals surface area contributed by atoms with Crippen LogP contribution < -0.4 is 5.32 Å². The molecule has 164 valence electrons. The predicted octanol–water partition coefficient (Wildman–Crippen LogP) is 5.53. The van der Waals surface area contributed by atoms with Gasteiger partial charge in [-0.05, 0) is 62.5 Å². The van der Waals surface area contributed by atoms with Gasteiger partial charge >= 0.3 is 13.2 Å². The lowest BCUT2D eigenvalue weighted by Gasteiger charge is -2.32. The lowest BCUT2D eigenvalue weighted by Crippen LogP contribution is -2.41. The first kappa shape index (κ1) is 23.5. The van der Waals surface area contributed by atoms with E-state index in [2.05, 4.69) is 21.2 Å². The number of nitrogens with one attached hydrogen (secondary N) is 1. The monoisotopic (exact) mass is 489 g/mol. The fourth-order valence-corrected chi connectivity index (χ4v) is 3.33. The molecule has 1 fully saturated rings. The van der Waals surface area contributed by atoms with Crippen LogP contribution in [0.3, 0.4) is 0 Å². The van der Waals surface area contributed by atoms with Crippen molar-refractivity contribution in [2.75, 3.05) is 6.54 Å². The van der Waals surface area contributed by atoms with Gasteiger partial charge in [-0.15, -0.1) is 0 Å². The molecule has 0 aromatic heterocycles. The highest BCUT2D eigenvalue weighted by Gasteiger charge is 2.52. The summed E-state index contributed by atoms with van der Waals surface area (Å²) in [4.78, 5) is 12.3. The van der Waals surface area contributed by atoms with Gasteiger partial charge in [0.05, 0.1) is 11.2 Å². The fourth-order valence-electron chi connectivity index (χ4n) is 2.97. The normalized spacial score (nSPS) is 17.5. The van der Waals surface area contributed by atoms with Crippen molar-refractivity contribution in [2.45, 2.75) is 45.5 Å². The van der Waals surface area contributed by atoms with Crippen molar-refractivity contribution < 1.29 is 23.2 Å². The maximum atomic E-state index is 13.8. The minimum atomic E-state index is -0.699. The van der Waals surface area contributed by atoms with Gasteiger partial charge in [-0.2, -0.15) is 0 Å². The Kier molecular flexibility index (Phi) is 7.24. The van der Waals surface area contributed by atoms with E-state index in [0.29, 0.717) is 11.0 Å². The molecule has 0 atom stereocenters. The molecule has 0 radical (unpaired) electrons. The second kappa shape index (κ2) is 9.55. The Morgan fingerprint density at radius 2 is 1.77 bits per heavy atom. The molecule has 0 aliphatic carbocycles. The van der Waals surface area contributed by atoms with E-state index in [9.17, 15) is 9.18 Å². The van der Waals surface area contributed by atoms with E-state index in [0.717, 1.165) is 10.0 Å². The van der Waals surface area contributed by atoms with Crippen LogP contribution in [-0.4, -0.2) is 31.0 Å². The number of alkyl carbamates (subject to hydrolysis) is 1. The van der Waals surface area contributed by atoms with Crippen LogP contribution in [0.1, 0.15) is 38.8 Å². The molecular weight excluding hydrogens is 464 g/mol. The van der Waals surface area contributed by atoms with E-state index >= 15 is 0 Å². The summed E-state index contributed by atoms with van der Waals surface area (Å²) in [6.45, 7) is 8.08. The molecule has 1 saturated heterocycles. The highest BCUT2D eigenvalue weighted by Crippen LogP contribution is 2.39. The Labute approximate surface area is 191 Å². The SMILES string of the molecule is CC1(C)OB(C(=Cc2cc(F)ccc2Br)CNC(=O)OCc2ccccc2)OC1(C)C. The predicted molar refractivity (Wildman–Crippen MR) is 123 cm³/mol. The zero-order valence-corrected chi connectivity index (χ0v) is 19.7. The maximum absolute atomic E-state index is 13.8. The van der Waals surface area contributed by atoms with Crippen LogP contribution in [0.25, 0.3) is 6.08 Å². The van der Waals surface area contributed by atoms with Gasteiger partial charge in [-0.1, -0.05) is 52.3 Å². The lowest BCUT2D eigenvalue weighted by molar-refractivity contribution is 0.00578. The maximum Gasteiger partial charge on any atom is 0.492 e. The minimum Gasteiger partial charge on any atom is -0.445 e. The number of hydrogen-bond donors (Lipinski definition) is 1. The topological polar surface area (TPSA) is 56.8 Å². The number of rotatable bonds is 6. The lowest BCUT2D eigenvalue weighted by atomic mass is 9.77. The quantitative estimate of drug-likeness (QED) is 0.542. The summed E-state index contributed by atoms with van der Waals surface area (Å²) in [5.74, 6) is -0.363. The number of amides is 1. The van der Waals surface area contributed by atoms with Gasteiger partial charge < -0.3 is 19.4 Å². The van der Waals surface area contributed by atoms with Crippen LogP contribution in [0.15, 0.2) is 58.5 Å². The molecule has 2 aromatic rings. The third-order valence-corrected chi connectivity index (χ3v) is 6.23. The average Bonchev–Trinajstić information content (AvgIpc) is 2.94. The molecule has 2 aromatic carbocycles. The van der Waals surface area contributed by atoms with E-state index in [1.165, 1.54) is 12.1 Å². The first-order valence-electron chi connectivity index (χ1n) is 10.0. The molecule has 1 N–H and O–H groups in total. The summed E-state index contributed by atoms with van der Waals surface area (Å²) < 4.78 is 32.1. The second-order valence-corrected chi connectivity index (χ2v) is 9.24. The van der Waals surface area contributed by atoms with Gasteiger partial charge in [0.15, 0.2) is 0 Å². The van der Waals surface area contributed by atoms with Gasteiger partial charge in [-0.3, -0.25) is 0 Å². The van der Waals surface area contributed by atoms with E-state index in [1.54, 1.807) is 12.1 Å². The third-order valence-electron chi connectivity index (χ3n) is 5.50. The van der Waals surface area contributed by atoms with Crippen molar-refractivity contribution in [3.63, 3.8) is 0 Å². The van der Waals surface area contributed by atoms with Crippen LogP contribution in [-0.2, 0) is 20.7 Å². The Morgan fingerprint density at radius 3 is 2.42 bits per heavy atom. The first-order valence-corrected chi connectivity index (χ1v) is 10.8. The van der Waals surface area contributed by atoms with Crippen molar-refractivity contribution in [1.82, 2.24) is 5.32 Å². The fraction of sp³-hybridized carbons (Fsp3) is 0.348. The largest absolute Gasteiger partial charge is 0.492 e. The Balaban J connectivity index is 1.75. The van der Waals surface area contributed by atoms with E-state index in [1.807, 2.05) is 58.0 Å². The van der Waals surface area contributed by atoms with Crippen LogP contribution in [0.2, 0.25) is 0 Å². The standard InChI is InChI=1S/C23H26BBrFNO4/c1-22(2)23(3,4)31-24(30-22)18(12-17-13-19(26)10-11-20(17)25)14-27-21(28)29-15-16-8-6-5-7-9-16/h5-13H,14-15H2,1-4H3,(H,27,28). The number of halogens is 2. The third kappa shape index (κ3) is 5.96. The molecule has 31 heavy (non-hydrogen) atoms. The minimum absolute atomic E-state index is 0.118. The van der Waals surface area contributed by atoms with Crippen LogP contribution in [0.4, 0.5) is 9.18 Å². The van der Waals surface area contributed by atoms with E-state index in [-0.39, 0.29) is 19.0 Å². The van der Waals surface area contributed by atoms with Gasteiger partial charge in [0.25, 0.3) is 0 Å². The molecule has 0 spiro atoms. The zero-order valence-electron chi connectivity index (χ0n) is 18.1. The van der Waals surface area contributed by atoms with Crippen molar-refractivity contribution in [3.05, 3.63) is 75.4 Å². The molecule has 0 bridgehead atoms. The molecule has 1 aliphatic rings. The second-order valence-electron chi connectivity index (χ2n) is 8.39. The average molecular weight is 490 g/mol. The summed E-state index contributed by atoms with van der Waals surface area (Å²) in [6, 6.07) is 13.8. The van der Waals surface area contributed by atoms with E-state index in [4.69, 9.17) is 14.0 Å². The zero-order chi connectivity index (χ0) is 22.6. The number of carbonyl (C=O) groups excluding carboxylic acids is 1.